The molecule has 22 heavy (non-hydrogen) atoms. The van der Waals surface area contributed by atoms with Crippen LogP contribution in [0.5, 0.6) is 0 Å². The van der Waals surface area contributed by atoms with E-state index >= 15 is 0 Å². The Hall–Kier alpha value is -1.61. The molecule has 118 valence electrons. The van der Waals surface area contributed by atoms with Crippen LogP contribution in [0.3, 0.4) is 0 Å². The lowest BCUT2D eigenvalue weighted by atomic mass is 9.86. The third-order valence-electron chi connectivity index (χ3n) is 3.81. The van der Waals surface area contributed by atoms with Crippen molar-refractivity contribution >= 4 is 17.2 Å². The predicted octanol–water partition coefficient (Wildman–Crippen LogP) is 4.86. The molecule has 3 heteroatoms. The summed E-state index contributed by atoms with van der Waals surface area (Å²) in [4.78, 5) is 13.2. The van der Waals surface area contributed by atoms with Crippen LogP contribution in [0.2, 0.25) is 0 Å². The topological polar surface area (TPSA) is 29.1 Å². The molecule has 2 rings (SSSR count). The van der Waals surface area contributed by atoms with Crippen molar-refractivity contribution in [1.29, 1.82) is 0 Å². The Balaban J connectivity index is 1.83. The van der Waals surface area contributed by atoms with Gasteiger partial charge in [0, 0.05) is 11.3 Å². The Morgan fingerprint density at radius 2 is 1.86 bits per heavy atom. The van der Waals surface area contributed by atoms with Gasteiger partial charge >= 0.3 is 0 Å². The number of hydrogen-bond donors (Lipinski definition) is 1. The van der Waals surface area contributed by atoms with Gasteiger partial charge in [0.05, 0.1) is 6.04 Å². The molecule has 0 bridgehead atoms. The zero-order chi connectivity index (χ0) is 16.2. The minimum Gasteiger partial charge on any atom is -0.349 e. The van der Waals surface area contributed by atoms with Crippen LogP contribution in [-0.4, -0.2) is 5.91 Å². The Kier molecular flexibility index (Phi) is 5.41. The smallest absolute Gasteiger partial charge is 0.220 e. The molecule has 0 fully saturated rings. The lowest BCUT2D eigenvalue weighted by Crippen LogP contribution is -2.26. The molecule has 1 N–H and O–H groups in total. The Bertz CT molecular complexity index is 593. The molecule has 0 aliphatic carbocycles. The molecule has 2 aromatic rings. The minimum atomic E-state index is 0.0933. The van der Waals surface area contributed by atoms with Crippen molar-refractivity contribution in [3.63, 3.8) is 0 Å². The van der Waals surface area contributed by atoms with Crippen LogP contribution in [0.4, 0.5) is 0 Å². The quantitative estimate of drug-likeness (QED) is 0.839. The molecular formula is C19H25NOS. The fourth-order valence-electron chi connectivity index (χ4n) is 2.35. The van der Waals surface area contributed by atoms with Gasteiger partial charge in [-0.1, -0.05) is 51.1 Å². The number of hydrogen-bond acceptors (Lipinski definition) is 2. The molecule has 0 radical (unpaired) electrons. The van der Waals surface area contributed by atoms with E-state index in [1.165, 1.54) is 16.0 Å². The van der Waals surface area contributed by atoms with Crippen LogP contribution >= 0.6 is 11.3 Å². The number of benzene rings is 1. The second-order valence-corrected chi connectivity index (χ2v) is 7.73. The summed E-state index contributed by atoms with van der Waals surface area (Å²) in [6, 6.07) is 12.8. The molecule has 2 nitrogen and oxygen atoms in total. The molecule has 0 aliphatic heterocycles. The lowest BCUT2D eigenvalue weighted by Gasteiger charge is -2.19. The van der Waals surface area contributed by atoms with Gasteiger partial charge in [0.1, 0.15) is 0 Å². The van der Waals surface area contributed by atoms with Crippen molar-refractivity contribution in [2.24, 2.45) is 0 Å². The maximum atomic E-state index is 12.0. The highest BCUT2D eigenvalue weighted by atomic mass is 32.1. The standard InChI is InChI=1S/C19H25NOS/c1-14(17-6-5-13-22-17)20-18(21)12-9-15-7-10-16(11-8-15)19(2,3)4/h5-8,10-11,13-14H,9,12H2,1-4H3,(H,20,21). The van der Waals surface area contributed by atoms with Crippen LogP contribution in [-0.2, 0) is 16.6 Å². The minimum absolute atomic E-state index is 0.0933. The average Bonchev–Trinajstić information content (AvgIpc) is 2.99. The highest BCUT2D eigenvalue weighted by Crippen LogP contribution is 2.22. The van der Waals surface area contributed by atoms with Crippen LogP contribution < -0.4 is 5.32 Å². The summed E-state index contributed by atoms with van der Waals surface area (Å²) in [5, 5.41) is 5.10. The van der Waals surface area contributed by atoms with Crippen LogP contribution in [0.15, 0.2) is 41.8 Å². The van der Waals surface area contributed by atoms with Gasteiger partial charge in [0.2, 0.25) is 5.91 Å². The van der Waals surface area contributed by atoms with Crippen LogP contribution in [0.1, 0.15) is 56.2 Å². The second-order valence-electron chi connectivity index (χ2n) is 6.75. The molecule has 0 saturated carbocycles. The number of rotatable bonds is 5. The van der Waals surface area contributed by atoms with Gasteiger partial charge in [0.15, 0.2) is 0 Å². The molecule has 1 amide bonds. The Morgan fingerprint density at radius 3 is 2.41 bits per heavy atom. The van der Waals surface area contributed by atoms with Crippen molar-refractivity contribution in [1.82, 2.24) is 5.32 Å². The van der Waals surface area contributed by atoms with E-state index in [0.29, 0.717) is 6.42 Å². The summed E-state index contributed by atoms with van der Waals surface area (Å²) in [7, 11) is 0. The normalized spacial score (nSPS) is 12.9. The predicted molar refractivity (Wildman–Crippen MR) is 94.3 cm³/mol. The number of thiophene rings is 1. The fraction of sp³-hybridized carbons (Fsp3) is 0.421. The van der Waals surface area contributed by atoms with E-state index in [0.717, 1.165) is 6.42 Å². The van der Waals surface area contributed by atoms with Crippen molar-refractivity contribution < 1.29 is 4.79 Å². The maximum absolute atomic E-state index is 12.0. The Morgan fingerprint density at radius 1 is 1.18 bits per heavy atom. The van der Waals surface area contributed by atoms with Crippen molar-refractivity contribution in [3.8, 4) is 0 Å². The number of carbonyl (C=O) groups is 1. The third kappa shape index (κ3) is 4.70. The molecule has 1 aromatic heterocycles. The van der Waals surface area contributed by atoms with Gasteiger partial charge in [-0.05, 0) is 41.3 Å². The fourth-order valence-corrected chi connectivity index (χ4v) is 3.09. The number of carbonyl (C=O) groups excluding carboxylic acids is 1. The molecular weight excluding hydrogens is 290 g/mol. The van der Waals surface area contributed by atoms with Gasteiger partial charge in [0.25, 0.3) is 0 Å². The molecule has 0 saturated heterocycles. The molecule has 1 atom stereocenters. The molecule has 1 unspecified atom stereocenters. The molecule has 1 heterocycles. The van der Waals surface area contributed by atoms with Crippen molar-refractivity contribution in [3.05, 3.63) is 57.8 Å². The highest BCUT2D eigenvalue weighted by Gasteiger charge is 2.13. The van der Waals surface area contributed by atoms with E-state index in [-0.39, 0.29) is 17.4 Å². The van der Waals surface area contributed by atoms with Gasteiger partial charge in [-0.15, -0.1) is 11.3 Å². The van der Waals surface area contributed by atoms with Gasteiger partial charge in [-0.3, -0.25) is 4.79 Å². The van der Waals surface area contributed by atoms with E-state index in [1.807, 2.05) is 18.4 Å². The summed E-state index contributed by atoms with van der Waals surface area (Å²) in [5.74, 6) is 0.112. The van der Waals surface area contributed by atoms with Gasteiger partial charge in [-0.2, -0.15) is 0 Å². The van der Waals surface area contributed by atoms with E-state index < -0.39 is 0 Å². The zero-order valence-electron chi connectivity index (χ0n) is 13.8. The summed E-state index contributed by atoms with van der Waals surface area (Å²) in [5.41, 5.74) is 2.71. The largest absolute Gasteiger partial charge is 0.349 e. The number of nitrogens with one attached hydrogen (secondary N) is 1. The van der Waals surface area contributed by atoms with E-state index in [4.69, 9.17) is 0 Å². The molecule has 0 spiro atoms. The summed E-state index contributed by atoms with van der Waals surface area (Å²) in [6.45, 7) is 8.66. The highest BCUT2D eigenvalue weighted by molar-refractivity contribution is 7.10. The molecule has 0 aliphatic rings. The van der Waals surface area contributed by atoms with Crippen LogP contribution in [0.25, 0.3) is 0 Å². The number of amides is 1. The first kappa shape index (κ1) is 16.8. The summed E-state index contributed by atoms with van der Waals surface area (Å²) < 4.78 is 0. The monoisotopic (exact) mass is 315 g/mol. The van der Waals surface area contributed by atoms with E-state index in [9.17, 15) is 4.79 Å². The van der Waals surface area contributed by atoms with Gasteiger partial charge < -0.3 is 5.32 Å². The Labute approximate surface area is 137 Å². The zero-order valence-corrected chi connectivity index (χ0v) is 14.7. The third-order valence-corrected chi connectivity index (χ3v) is 4.86. The van der Waals surface area contributed by atoms with Crippen molar-refractivity contribution in [2.75, 3.05) is 0 Å². The van der Waals surface area contributed by atoms with Gasteiger partial charge in [-0.25, -0.2) is 0 Å². The molecule has 1 aromatic carbocycles. The average molecular weight is 315 g/mol. The summed E-state index contributed by atoms with van der Waals surface area (Å²) in [6.07, 6.45) is 1.32. The lowest BCUT2D eigenvalue weighted by molar-refractivity contribution is -0.121. The van der Waals surface area contributed by atoms with Crippen LogP contribution in [0, 0.1) is 0 Å². The SMILES string of the molecule is CC(NC(=O)CCc1ccc(C(C)(C)C)cc1)c1cccs1. The second kappa shape index (κ2) is 7.10. The van der Waals surface area contributed by atoms with Crippen molar-refractivity contribution in [2.45, 2.75) is 52.0 Å². The number of aryl methyl sites for hydroxylation is 1. The van der Waals surface area contributed by atoms with E-state index in [2.05, 4.69) is 56.4 Å². The first-order valence-corrected chi connectivity index (χ1v) is 8.66. The first-order chi connectivity index (χ1) is 10.4. The summed E-state index contributed by atoms with van der Waals surface area (Å²) >= 11 is 1.68. The maximum Gasteiger partial charge on any atom is 0.220 e. The first-order valence-electron chi connectivity index (χ1n) is 7.78. The van der Waals surface area contributed by atoms with E-state index in [1.54, 1.807) is 11.3 Å².